The van der Waals surface area contributed by atoms with Crippen LogP contribution in [0.3, 0.4) is 0 Å². The summed E-state index contributed by atoms with van der Waals surface area (Å²) in [6.07, 6.45) is -0.279. The van der Waals surface area contributed by atoms with E-state index >= 15 is 0 Å². The smallest absolute Gasteiger partial charge is 0.150 e. The predicted octanol–water partition coefficient (Wildman–Crippen LogP) is 2.30. The van der Waals surface area contributed by atoms with Gasteiger partial charge in [-0.1, -0.05) is 27.7 Å². The molecule has 1 aromatic heterocycles. The molecular formula is C7H10BrNOS2. The molecule has 1 atom stereocenters. The average molecular weight is 268 g/mol. The van der Waals surface area contributed by atoms with Crippen molar-refractivity contribution in [1.82, 2.24) is 4.98 Å². The Hall–Kier alpha value is 0.420. The van der Waals surface area contributed by atoms with Gasteiger partial charge in [-0.2, -0.15) is 0 Å². The number of thiazole rings is 1. The van der Waals surface area contributed by atoms with Gasteiger partial charge in [-0.15, -0.1) is 11.3 Å². The van der Waals surface area contributed by atoms with E-state index in [1.54, 1.807) is 23.1 Å². The Balaban J connectivity index is 2.33. The van der Waals surface area contributed by atoms with Crippen molar-refractivity contribution in [3.63, 3.8) is 0 Å². The molecular weight excluding hydrogens is 258 g/mol. The van der Waals surface area contributed by atoms with Gasteiger partial charge >= 0.3 is 0 Å². The van der Waals surface area contributed by atoms with E-state index in [0.717, 1.165) is 10.0 Å². The molecule has 0 aliphatic rings. The Labute approximate surface area is 88.5 Å². The largest absolute Gasteiger partial charge is 0.391 e. The van der Waals surface area contributed by atoms with Crippen molar-refractivity contribution in [2.75, 3.05) is 11.1 Å². The summed E-state index contributed by atoms with van der Waals surface area (Å²) in [7, 11) is 0. The van der Waals surface area contributed by atoms with E-state index in [9.17, 15) is 5.11 Å². The van der Waals surface area contributed by atoms with E-state index in [0.29, 0.717) is 11.1 Å². The summed E-state index contributed by atoms with van der Waals surface area (Å²) in [4.78, 5) is 4.27. The second-order valence-electron chi connectivity index (χ2n) is 2.37. The second-order valence-corrected chi connectivity index (χ2v) is 5.15. The van der Waals surface area contributed by atoms with Gasteiger partial charge in [0.05, 0.1) is 6.10 Å². The molecule has 68 valence electrons. The highest BCUT2D eigenvalue weighted by molar-refractivity contribution is 9.09. The van der Waals surface area contributed by atoms with Crippen LogP contribution in [-0.2, 0) is 0 Å². The lowest BCUT2D eigenvalue weighted by molar-refractivity contribution is 0.226. The molecule has 1 unspecified atom stereocenters. The zero-order chi connectivity index (χ0) is 8.97. The number of nitrogens with zero attached hydrogens (tertiary/aromatic N) is 1. The minimum atomic E-state index is -0.279. The van der Waals surface area contributed by atoms with Gasteiger partial charge in [-0.25, -0.2) is 4.98 Å². The molecule has 12 heavy (non-hydrogen) atoms. The quantitative estimate of drug-likeness (QED) is 0.672. The summed E-state index contributed by atoms with van der Waals surface area (Å²) < 4.78 is 1.03. The first-order valence-corrected chi connectivity index (χ1v) is 6.50. The maximum absolute atomic E-state index is 9.24. The Morgan fingerprint density at radius 3 is 3.08 bits per heavy atom. The number of halogens is 1. The van der Waals surface area contributed by atoms with Gasteiger partial charge in [0.1, 0.15) is 4.34 Å². The zero-order valence-electron chi connectivity index (χ0n) is 6.66. The average Bonchev–Trinajstić information content (AvgIpc) is 2.47. The summed E-state index contributed by atoms with van der Waals surface area (Å²) in [6, 6.07) is 0. The number of thioether (sulfide) groups is 1. The second kappa shape index (κ2) is 5.21. The molecule has 0 fully saturated rings. The van der Waals surface area contributed by atoms with Crippen molar-refractivity contribution in [2.24, 2.45) is 0 Å². The highest BCUT2D eigenvalue weighted by Crippen LogP contribution is 2.22. The van der Waals surface area contributed by atoms with E-state index in [4.69, 9.17) is 0 Å². The zero-order valence-corrected chi connectivity index (χ0v) is 9.88. The molecule has 5 heteroatoms. The van der Waals surface area contributed by atoms with Crippen LogP contribution in [-0.4, -0.2) is 27.3 Å². The molecule has 0 aromatic carbocycles. The van der Waals surface area contributed by atoms with Crippen molar-refractivity contribution >= 4 is 39.0 Å². The highest BCUT2D eigenvalue weighted by atomic mass is 79.9. The first-order chi connectivity index (χ1) is 5.72. The number of alkyl halides is 1. The molecule has 0 bridgehead atoms. The normalized spacial score (nSPS) is 13.2. The van der Waals surface area contributed by atoms with E-state index in [2.05, 4.69) is 20.9 Å². The van der Waals surface area contributed by atoms with Crippen LogP contribution in [0.25, 0.3) is 0 Å². The van der Waals surface area contributed by atoms with Crippen LogP contribution in [0.4, 0.5) is 0 Å². The molecule has 1 aromatic rings. The Morgan fingerprint density at radius 1 is 1.83 bits per heavy atom. The molecule has 1 rings (SSSR count). The molecule has 0 saturated heterocycles. The third-order valence-electron chi connectivity index (χ3n) is 1.18. The van der Waals surface area contributed by atoms with Gasteiger partial charge in [0, 0.05) is 22.2 Å². The van der Waals surface area contributed by atoms with E-state index < -0.39 is 0 Å². The van der Waals surface area contributed by atoms with Crippen LogP contribution < -0.4 is 0 Å². The molecule has 0 spiro atoms. The molecule has 2 nitrogen and oxygen atoms in total. The van der Waals surface area contributed by atoms with E-state index in [-0.39, 0.29) is 6.10 Å². The number of aliphatic hydroxyl groups excluding tert-OH is 1. The summed E-state index contributed by atoms with van der Waals surface area (Å²) in [6.45, 7) is 1.97. The maximum Gasteiger partial charge on any atom is 0.150 e. The summed E-state index contributed by atoms with van der Waals surface area (Å²) in [5.41, 5.74) is 1.05. The fourth-order valence-electron chi connectivity index (χ4n) is 0.611. The fourth-order valence-corrected chi connectivity index (χ4v) is 2.95. The molecule has 0 aliphatic carbocycles. The Bertz CT molecular complexity index is 241. The fraction of sp³-hybridized carbons (Fsp3) is 0.571. The number of aryl methyl sites for hydroxylation is 1. The first-order valence-electron chi connectivity index (χ1n) is 3.51. The van der Waals surface area contributed by atoms with Crippen molar-refractivity contribution < 1.29 is 5.11 Å². The lowest BCUT2D eigenvalue weighted by Crippen LogP contribution is -2.10. The molecule has 0 saturated carbocycles. The number of hydrogen-bond acceptors (Lipinski definition) is 4. The Kier molecular flexibility index (Phi) is 4.56. The highest BCUT2D eigenvalue weighted by Gasteiger charge is 2.04. The van der Waals surface area contributed by atoms with Gasteiger partial charge in [0.2, 0.25) is 0 Å². The monoisotopic (exact) mass is 267 g/mol. The van der Waals surface area contributed by atoms with Crippen molar-refractivity contribution in [3.8, 4) is 0 Å². The minimum absolute atomic E-state index is 0.279. The van der Waals surface area contributed by atoms with Crippen LogP contribution in [0.2, 0.25) is 0 Å². The molecule has 1 N–H and O–H groups in total. The van der Waals surface area contributed by atoms with Gasteiger partial charge in [0.25, 0.3) is 0 Å². The molecule has 0 aliphatic heterocycles. The van der Waals surface area contributed by atoms with Crippen LogP contribution in [0.15, 0.2) is 9.72 Å². The predicted molar refractivity (Wildman–Crippen MR) is 57.4 cm³/mol. The van der Waals surface area contributed by atoms with Crippen LogP contribution >= 0.6 is 39.0 Å². The van der Waals surface area contributed by atoms with E-state index in [1.807, 2.05) is 12.3 Å². The van der Waals surface area contributed by atoms with Gasteiger partial charge < -0.3 is 5.11 Å². The topological polar surface area (TPSA) is 33.1 Å². The molecule has 0 radical (unpaired) electrons. The van der Waals surface area contributed by atoms with Crippen molar-refractivity contribution in [1.29, 1.82) is 0 Å². The van der Waals surface area contributed by atoms with E-state index in [1.165, 1.54) is 0 Å². The Morgan fingerprint density at radius 2 is 2.58 bits per heavy atom. The molecule has 0 amide bonds. The van der Waals surface area contributed by atoms with Gasteiger partial charge in [0.15, 0.2) is 0 Å². The van der Waals surface area contributed by atoms with Crippen LogP contribution in [0.1, 0.15) is 5.69 Å². The maximum atomic E-state index is 9.24. The van der Waals surface area contributed by atoms with Crippen LogP contribution in [0.5, 0.6) is 0 Å². The van der Waals surface area contributed by atoms with Gasteiger partial charge in [-0.3, -0.25) is 0 Å². The third kappa shape index (κ3) is 3.43. The van der Waals surface area contributed by atoms with Crippen molar-refractivity contribution in [3.05, 3.63) is 11.1 Å². The standard InChI is InChI=1S/C7H10BrNOS2/c1-5-3-11-7(9-5)12-4-6(10)2-8/h3,6,10H,2,4H2,1H3. The minimum Gasteiger partial charge on any atom is -0.391 e. The van der Waals surface area contributed by atoms with Gasteiger partial charge in [-0.05, 0) is 6.92 Å². The number of hydrogen-bond donors (Lipinski definition) is 1. The number of aromatic nitrogens is 1. The number of rotatable bonds is 4. The summed E-state index contributed by atoms with van der Waals surface area (Å²) in [5, 5.41) is 11.9. The first kappa shape index (κ1) is 10.5. The number of aliphatic hydroxyl groups is 1. The lowest BCUT2D eigenvalue weighted by Gasteiger charge is -2.02. The van der Waals surface area contributed by atoms with Crippen molar-refractivity contribution in [2.45, 2.75) is 17.4 Å². The SMILES string of the molecule is Cc1csc(SCC(O)CBr)n1. The molecule has 1 heterocycles. The third-order valence-corrected chi connectivity index (χ3v) is 4.21. The summed E-state index contributed by atoms with van der Waals surface area (Å²) in [5.74, 6) is 0.707. The summed E-state index contributed by atoms with van der Waals surface area (Å²) >= 11 is 6.44. The lowest BCUT2D eigenvalue weighted by atomic mass is 10.5. The van der Waals surface area contributed by atoms with Crippen LogP contribution in [0, 0.1) is 6.92 Å².